The van der Waals surface area contributed by atoms with E-state index in [2.05, 4.69) is 56.1 Å². The summed E-state index contributed by atoms with van der Waals surface area (Å²) < 4.78 is 0. The number of nitrogens with one attached hydrogen (secondary N) is 2. The molecule has 1 aliphatic heterocycles. The maximum atomic E-state index is 4.96. The molecule has 0 aliphatic carbocycles. The van der Waals surface area contributed by atoms with Gasteiger partial charge in [-0.05, 0) is 49.4 Å². The lowest BCUT2D eigenvalue weighted by atomic mass is 10.1. The standard InChI is InChI=1S/C25H26N8/c1-3-16-12-17(15-26-14-16)19-4-5-21-23(29-19)24(31-30-21)22-13-18-20(28-22)6-7-27-25(18)33-10-8-32(2)9-11-33/h4-7,12-15,28H,3,8-11H2,1-2H3,(H,30,31). The van der Waals surface area contributed by atoms with Crippen LogP contribution in [-0.2, 0) is 6.42 Å². The van der Waals surface area contributed by atoms with Gasteiger partial charge in [-0.2, -0.15) is 5.10 Å². The van der Waals surface area contributed by atoms with Crippen molar-refractivity contribution in [3.63, 3.8) is 0 Å². The number of aromatic nitrogens is 6. The normalized spacial score (nSPS) is 15.0. The number of likely N-dealkylation sites (N-methyl/N-ethyl adjacent to an activating group) is 1. The summed E-state index contributed by atoms with van der Waals surface area (Å²) in [5.41, 5.74) is 7.66. The lowest BCUT2D eigenvalue weighted by Gasteiger charge is -2.33. The van der Waals surface area contributed by atoms with Crippen LogP contribution in [0, 0.1) is 0 Å². The summed E-state index contributed by atoms with van der Waals surface area (Å²) in [5.74, 6) is 1.03. The van der Waals surface area contributed by atoms with Gasteiger partial charge in [-0.15, -0.1) is 0 Å². The first-order chi connectivity index (χ1) is 16.2. The van der Waals surface area contributed by atoms with E-state index in [-0.39, 0.29) is 0 Å². The van der Waals surface area contributed by atoms with Crippen molar-refractivity contribution in [1.29, 1.82) is 0 Å². The number of rotatable bonds is 4. The van der Waals surface area contributed by atoms with E-state index in [1.165, 1.54) is 5.56 Å². The Labute approximate surface area is 191 Å². The Morgan fingerprint density at radius 1 is 1.00 bits per heavy atom. The van der Waals surface area contributed by atoms with E-state index in [0.717, 1.165) is 83.0 Å². The molecular formula is C25H26N8. The van der Waals surface area contributed by atoms with E-state index < -0.39 is 0 Å². The molecule has 166 valence electrons. The summed E-state index contributed by atoms with van der Waals surface area (Å²) in [6.45, 7) is 6.17. The minimum Gasteiger partial charge on any atom is -0.353 e. The summed E-state index contributed by atoms with van der Waals surface area (Å²) >= 11 is 0. The summed E-state index contributed by atoms with van der Waals surface area (Å²) in [5, 5.41) is 8.86. The fraction of sp³-hybridized carbons (Fsp3) is 0.280. The van der Waals surface area contributed by atoms with Gasteiger partial charge in [-0.1, -0.05) is 6.92 Å². The molecule has 0 aromatic carbocycles. The average Bonchev–Trinajstić information content (AvgIpc) is 3.48. The maximum Gasteiger partial charge on any atom is 0.138 e. The zero-order chi connectivity index (χ0) is 22.4. The van der Waals surface area contributed by atoms with Crippen molar-refractivity contribution < 1.29 is 0 Å². The molecule has 5 aromatic rings. The van der Waals surface area contributed by atoms with E-state index in [1.54, 1.807) is 0 Å². The Hall–Kier alpha value is -3.78. The third kappa shape index (κ3) is 3.52. The van der Waals surface area contributed by atoms with Crippen molar-refractivity contribution in [2.24, 2.45) is 0 Å². The first-order valence-corrected chi connectivity index (χ1v) is 11.4. The molecule has 0 unspecified atom stereocenters. The summed E-state index contributed by atoms with van der Waals surface area (Å²) in [6, 6.07) is 10.4. The van der Waals surface area contributed by atoms with E-state index >= 15 is 0 Å². The van der Waals surface area contributed by atoms with Crippen molar-refractivity contribution >= 4 is 27.8 Å². The highest BCUT2D eigenvalue weighted by molar-refractivity contribution is 5.98. The monoisotopic (exact) mass is 438 g/mol. The lowest BCUT2D eigenvalue weighted by molar-refractivity contribution is 0.312. The molecule has 0 amide bonds. The van der Waals surface area contributed by atoms with Crippen LogP contribution in [0.4, 0.5) is 5.82 Å². The summed E-state index contributed by atoms with van der Waals surface area (Å²) in [4.78, 5) is 22.3. The zero-order valence-electron chi connectivity index (χ0n) is 18.8. The van der Waals surface area contributed by atoms with Gasteiger partial charge in [-0.3, -0.25) is 10.1 Å². The molecule has 0 bridgehead atoms. The van der Waals surface area contributed by atoms with E-state index in [0.29, 0.717) is 0 Å². The summed E-state index contributed by atoms with van der Waals surface area (Å²) in [7, 11) is 2.16. The van der Waals surface area contributed by atoms with Gasteiger partial charge < -0.3 is 14.8 Å². The second-order valence-electron chi connectivity index (χ2n) is 8.67. The molecule has 0 radical (unpaired) electrons. The van der Waals surface area contributed by atoms with Gasteiger partial charge in [0.2, 0.25) is 0 Å². The van der Waals surface area contributed by atoms with Gasteiger partial charge in [0.1, 0.15) is 17.0 Å². The van der Waals surface area contributed by atoms with Crippen LogP contribution in [0.3, 0.4) is 0 Å². The molecule has 0 saturated carbocycles. The topological polar surface area (TPSA) is 89.6 Å². The Morgan fingerprint density at radius 2 is 1.88 bits per heavy atom. The first-order valence-electron chi connectivity index (χ1n) is 11.4. The molecule has 5 aromatic heterocycles. The molecule has 0 spiro atoms. The molecule has 6 rings (SSSR count). The number of hydrogen-bond donors (Lipinski definition) is 2. The minimum absolute atomic E-state index is 0.812. The smallest absolute Gasteiger partial charge is 0.138 e. The fourth-order valence-electron chi connectivity index (χ4n) is 4.51. The first kappa shape index (κ1) is 19.9. The molecule has 8 nitrogen and oxygen atoms in total. The van der Waals surface area contributed by atoms with Crippen LogP contribution in [0.2, 0.25) is 0 Å². The third-order valence-corrected chi connectivity index (χ3v) is 6.49. The summed E-state index contributed by atoms with van der Waals surface area (Å²) in [6.07, 6.45) is 6.59. The molecule has 0 atom stereocenters. The number of anilines is 1. The molecule has 1 aliphatic rings. The van der Waals surface area contributed by atoms with Crippen molar-refractivity contribution in [1.82, 2.24) is 35.0 Å². The Kier molecular flexibility index (Phi) is 4.80. The lowest BCUT2D eigenvalue weighted by Crippen LogP contribution is -2.44. The number of nitrogens with zero attached hydrogens (tertiary/aromatic N) is 6. The van der Waals surface area contributed by atoms with Gasteiger partial charge in [0.25, 0.3) is 0 Å². The van der Waals surface area contributed by atoms with E-state index in [1.807, 2.05) is 36.8 Å². The van der Waals surface area contributed by atoms with E-state index in [4.69, 9.17) is 9.97 Å². The van der Waals surface area contributed by atoms with Crippen LogP contribution < -0.4 is 4.90 Å². The van der Waals surface area contributed by atoms with Crippen LogP contribution >= 0.6 is 0 Å². The van der Waals surface area contributed by atoms with Crippen molar-refractivity contribution in [3.8, 4) is 22.6 Å². The van der Waals surface area contributed by atoms with Gasteiger partial charge in [0, 0.05) is 55.7 Å². The minimum atomic E-state index is 0.812. The predicted molar refractivity (Wildman–Crippen MR) is 131 cm³/mol. The van der Waals surface area contributed by atoms with Crippen LogP contribution in [-0.4, -0.2) is 68.3 Å². The third-order valence-electron chi connectivity index (χ3n) is 6.49. The second-order valence-corrected chi connectivity index (χ2v) is 8.67. The van der Waals surface area contributed by atoms with Gasteiger partial charge >= 0.3 is 0 Å². The molecule has 1 fully saturated rings. The number of H-pyrrole nitrogens is 2. The van der Waals surface area contributed by atoms with Crippen LogP contribution in [0.5, 0.6) is 0 Å². The Morgan fingerprint density at radius 3 is 2.73 bits per heavy atom. The largest absolute Gasteiger partial charge is 0.353 e. The van der Waals surface area contributed by atoms with E-state index in [9.17, 15) is 0 Å². The molecule has 6 heterocycles. The molecule has 8 heteroatoms. The van der Waals surface area contributed by atoms with Crippen LogP contribution in [0.1, 0.15) is 12.5 Å². The quantitative estimate of drug-likeness (QED) is 0.443. The Balaban J connectivity index is 1.43. The maximum absolute atomic E-state index is 4.96. The fourth-order valence-corrected chi connectivity index (χ4v) is 4.51. The van der Waals surface area contributed by atoms with Gasteiger partial charge in [0.15, 0.2) is 0 Å². The number of hydrogen-bond acceptors (Lipinski definition) is 6. The average molecular weight is 439 g/mol. The molecular weight excluding hydrogens is 412 g/mol. The van der Waals surface area contributed by atoms with Gasteiger partial charge in [0.05, 0.1) is 22.4 Å². The zero-order valence-corrected chi connectivity index (χ0v) is 18.8. The van der Waals surface area contributed by atoms with Gasteiger partial charge in [-0.25, -0.2) is 9.97 Å². The predicted octanol–water partition coefficient (Wildman–Crippen LogP) is 3.88. The van der Waals surface area contributed by atoms with Crippen molar-refractivity contribution in [2.75, 3.05) is 38.1 Å². The highest BCUT2D eigenvalue weighted by Gasteiger charge is 2.20. The number of aromatic amines is 2. The Bertz CT molecular complexity index is 1440. The number of piperazine rings is 1. The molecule has 2 N–H and O–H groups in total. The SMILES string of the molecule is CCc1cncc(-c2ccc3[nH]nc(-c4cc5c(N6CCN(C)CC6)nccc5[nH]4)c3n2)c1. The molecule has 33 heavy (non-hydrogen) atoms. The molecule has 1 saturated heterocycles. The highest BCUT2D eigenvalue weighted by Crippen LogP contribution is 2.32. The number of fused-ring (bicyclic) bond motifs is 2. The second kappa shape index (κ2) is 7.97. The van der Waals surface area contributed by atoms with Crippen molar-refractivity contribution in [3.05, 3.63) is 54.5 Å². The van der Waals surface area contributed by atoms with Crippen LogP contribution in [0.15, 0.2) is 48.9 Å². The number of aryl methyl sites for hydroxylation is 1. The van der Waals surface area contributed by atoms with Crippen LogP contribution in [0.25, 0.3) is 44.6 Å². The van der Waals surface area contributed by atoms with Crippen molar-refractivity contribution in [2.45, 2.75) is 13.3 Å². The highest BCUT2D eigenvalue weighted by atomic mass is 15.3. The number of pyridine rings is 3.